The minimum absolute atomic E-state index is 0.0576. The van der Waals surface area contributed by atoms with Crippen LogP contribution < -0.4 is 15.4 Å². The highest BCUT2D eigenvalue weighted by Gasteiger charge is 2.39. The summed E-state index contributed by atoms with van der Waals surface area (Å²) in [6.45, 7) is 11.1. The van der Waals surface area contributed by atoms with Crippen LogP contribution in [-0.4, -0.2) is 103 Å². The molecule has 16 heteroatoms. The molecule has 0 spiro atoms. The van der Waals surface area contributed by atoms with E-state index in [1.54, 1.807) is 0 Å². The van der Waals surface area contributed by atoms with Crippen LogP contribution in [0.3, 0.4) is 0 Å². The lowest BCUT2D eigenvalue weighted by Crippen LogP contribution is -2.52. The quantitative estimate of drug-likeness (QED) is 0.0662. The average molecular weight is 864 g/mol. The van der Waals surface area contributed by atoms with Gasteiger partial charge in [-0.25, -0.2) is 14.8 Å². The lowest BCUT2D eigenvalue weighted by atomic mass is 10.0. The third-order valence-electron chi connectivity index (χ3n) is 12.8. The number of carbonyl (C=O) groups is 3. The highest BCUT2D eigenvalue weighted by atomic mass is 16.6. The van der Waals surface area contributed by atoms with Crippen molar-refractivity contribution in [2.75, 3.05) is 27.3 Å². The molecule has 0 bridgehead atoms. The number of imidazole rings is 2. The number of likely N-dealkylation sites (tertiary alicyclic amines) is 2. The van der Waals surface area contributed by atoms with Crippen LogP contribution in [-0.2, 0) is 19.1 Å². The van der Waals surface area contributed by atoms with E-state index in [2.05, 4.69) is 74.6 Å². The number of nitrogens with one attached hydrogen (secondary N) is 4. The summed E-state index contributed by atoms with van der Waals surface area (Å²) >= 11 is 0. The van der Waals surface area contributed by atoms with Crippen LogP contribution in [0.4, 0.5) is 4.79 Å². The summed E-state index contributed by atoms with van der Waals surface area (Å²) in [5, 5.41) is 16.8. The number of aromatic nitrogens is 5. The number of alkyl carbamates (subject to hydrolysis) is 1. The summed E-state index contributed by atoms with van der Waals surface area (Å²) in [4.78, 5) is 59.9. The predicted octanol–water partition coefficient (Wildman–Crippen LogP) is 7.41. The van der Waals surface area contributed by atoms with Gasteiger partial charge in [-0.2, -0.15) is 0 Å². The van der Waals surface area contributed by atoms with Crippen molar-refractivity contribution in [3.05, 3.63) is 66.5 Å². The smallest absolute Gasteiger partial charge is 0.407 e. The largest absolute Gasteiger partial charge is 0.469 e. The van der Waals surface area contributed by atoms with E-state index in [0.29, 0.717) is 18.9 Å². The van der Waals surface area contributed by atoms with E-state index in [9.17, 15) is 19.5 Å². The molecule has 2 saturated heterocycles. The highest BCUT2D eigenvalue weighted by molar-refractivity contribution is 5.92. The average Bonchev–Trinajstić information content (AvgIpc) is 4.14. The van der Waals surface area contributed by atoms with Gasteiger partial charge in [-0.1, -0.05) is 53.2 Å². The third kappa shape index (κ3) is 8.68. The minimum Gasteiger partial charge on any atom is -0.469 e. The summed E-state index contributed by atoms with van der Waals surface area (Å²) in [7, 11) is 2.69. The molecule has 6 heterocycles. The van der Waals surface area contributed by atoms with E-state index in [0.717, 1.165) is 101 Å². The SMILES string of the molecule is CCCCC1Oc2cc(-c3cnc([C@@H]4CCCN4C(=O)[C@@H](NC(=O)OC)C(C)C)[nH]3)ccc2-c2cc3cc(-c4cnc([C@@H]5CCCN5C(=O)[C@@H](NC(O)OC)C(C)C)[nH]4)ccc3n21. The molecule has 16 nitrogen and oxygen atoms in total. The van der Waals surface area contributed by atoms with E-state index in [1.807, 2.05) is 49.9 Å². The number of rotatable bonds is 15. The first-order valence-corrected chi connectivity index (χ1v) is 22.4. The molecule has 0 aliphatic carbocycles. The number of benzene rings is 2. The second-order valence-electron chi connectivity index (χ2n) is 17.7. The summed E-state index contributed by atoms with van der Waals surface area (Å²) in [5.41, 5.74) is 6.78. The Labute approximate surface area is 368 Å². The van der Waals surface area contributed by atoms with Crippen molar-refractivity contribution in [3.63, 3.8) is 0 Å². The van der Waals surface area contributed by atoms with Gasteiger partial charge in [-0.05, 0) is 74.3 Å². The van der Waals surface area contributed by atoms with Gasteiger partial charge in [0.25, 0.3) is 0 Å². The molecule has 3 aromatic heterocycles. The fraction of sp³-hybridized carbons (Fsp3) is 0.511. The van der Waals surface area contributed by atoms with Crippen LogP contribution in [0.5, 0.6) is 5.75 Å². The summed E-state index contributed by atoms with van der Waals surface area (Å²) in [6.07, 6.45) is 7.74. The molecule has 5 aromatic rings. The van der Waals surface area contributed by atoms with Crippen molar-refractivity contribution in [1.29, 1.82) is 0 Å². The minimum atomic E-state index is -1.24. The fourth-order valence-electron chi connectivity index (χ4n) is 9.45. The van der Waals surface area contributed by atoms with E-state index in [4.69, 9.17) is 24.2 Å². The van der Waals surface area contributed by atoms with E-state index < -0.39 is 24.6 Å². The number of ether oxygens (including phenoxy) is 3. The first kappa shape index (κ1) is 43.9. The Hall–Kier alpha value is -5.71. The normalized spacial score (nSPS) is 19.9. The predicted molar refractivity (Wildman–Crippen MR) is 238 cm³/mol. The molecular formula is C47H61N9O7. The van der Waals surface area contributed by atoms with Crippen LogP contribution in [0.15, 0.2) is 54.9 Å². The number of carbonyl (C=O) groups excluding carboxylic acids is 3. The Kier molecular flexibility index (Phi) is 12.9. The lowest BCUT2D eigenvalue weighted by molar-refractivity contribution is -0.145. The first-order valence-electron chi connectivity index (χ1n) is 22.4. The number of unbranched alkanes of at least 4 members (excludes halogenated alkanes) is 1. The number of H-pyrrole nitrogens is 2. The Morgan fingerprint density at radius 2 is 1.46 bits per heavy atom. The monoisotopic (exact) mass is 863 g/mol. The molecular weight excluding hydrogens is 803 g/mol. The van der Waals surface area contributed by atoms with Gasteiger partial charge in [-0.3, -0.25) is 14.9 Å². The molecule has 5 N–H and O–H groups in total. The fourth-order valence-corrected chi connectivity index (χ4v) is 9.45. The van der Waals surface area contributed by atoms with Gasteiger partial charge >= 0.3 is 6.09 Å². The van der Waals surface area contributed by atoms with Gasteiger partial charge in [0, 0.05) is 48.7 Å². The number of aliphatic hydroxyl groups is 1. The van der Waals surface area contributed by atoms with Crippen molar-refractivity contribution < 1.29 is 33.7 Å². The number of aliphatic hydroxyl groups excluding tert-OH is 1. The number of methoxy groups -OCH3 is 2. The van der Waals surface area contributed by atoms with Crippen LogP contribution in [0, 0.1) is 11.8 Å². The van der Waals surface area contributed by atoms with Gasteiger partial charge in [0.05, 0.1) is 60.2 Å². The maximum absolute atomic E-state index is 13.8. The molecule has 2 unspecified atom stereocenters. The van der Waals surface area contributed by atoms with Crippen molar-refractivity contribution in [3.8, 4) is 39.5 Å². The third-order valence-corrected chi connectivity index (χ3v) is 12.8. The first-order chi connectivity index (χ1) is 30.4. The van der Waals surface area contributed by atoms with E-state index >= 15 is 0 Å². The molecule has 3 aliphatic rings. The summed E-state index contributed by atoms with van der Waals surface area (Å²) in [5.74, 6) is 1.84. The van der Waals surface area contributed by atoms with Crippen LogP contribution >= 0.6 is 0 Å². The molecule has 63 heavy (non-hydrogen) atoms. The molecule has 0 radical (unpaired) electrons. The number of aromatic amines is 2. The zero-order valence-corrected chi connectivity index (χ0v) is 37.3. The maximum atomic E-state index is 13.8. The van der Waals surface area contributed by atoms with Gasteiger partial charge in [0.15, 0.2) is 6.23 Å². The van der Waals surface area contributed by atoms with Gasteiger partial charge in [0.1, 0.15) is 23.4 Å². The topological polar surface area (TPSA) is 192 Å². The second kappa shape index (κ2) is 18.6. The molecule has 336 valence electrons. The maximum Gasteiger partial charge on any atom is 0.407 e. The number of hydrogen-bond acceptors (Lipinski definition) is 10. The van der Waals surface area contributed by atoms with Crippen molar-refractivity contribution in [2.45, 2.75) is 116 Å². The lowest BCUT2D eigenvalue weighted by Gasteiger charge is -2.31. The van der Waals surface area contributed by atoms with Crippen molar-refractivity contribution >= 4 is 28.8 Å². The van der Waals surface area contributed by atoms with Crippen LogP contribution in [0.2, 0.25) is 0 Å². The summed E-state index contributed by atoms with van der Waals surface area (Å²) < 4.78 is 19.0. The zero-order chi connectivity index (χ0) is 44.5. The number of hydrogen-bond donors (Lipinski definition) is 5. The summed E-state index contributed by atoms with van der Waals surface area (Å²) in [6, 6.07) is 13.2. The molecule has 2 fully saturated rings. The Morgan fingerprint density at radius 3 is 2.05 bits per heavy atom. The van der Waals surface area contributed by atoms with E-state index in [1.165, 1.54) is 14.2 Å². The molecule has 6 atom stereocenters. The van der Waals surface area contributed by atoms with E-state index in [-0.39, 0.29) is 42.0 Å². The Morgan fingerprint density at radius 1 is 0.857 bits per heavy atom. The standard InChI is InChI=1S/C47H61N9O7/c1-8-9-14-39-56-34-18-16-28(32-24-48-42(50-32)35-12-10-19-54(35)44(57)40(26(2)3)52-46(59)61-6)21-30(34)22-37(56)31-17-15-29(23-38(31)63-39)33-25-49-43(51-33)36-13-11-20-55(36)45(58)41(27(4)5)53-47(60)62-7/h15-18,21-27,35-36,39-41,46,52,59H,8-14,19-20H2,1-7H3,(H,48,50)(H,49,51)(H,53,60)/t35-,36-,39?,40-,41-,46?/m0/s1. The number of nitrogens with zero attached hydrogens (tertiary/aromatic N) is 5. The Bertz CT molecular complexity index is 2440. The van der Waals surface area contributed by atoms with Gasteiger partial charge in [0.2, 0.25) is 18.2 Å². The molecule has 0 saturated carbocycles. The van der Waals surface area contributed by atoms with Gasteiger partial charge in [-0.15, -0.1) is 0 Å². The Balaban J connectivity index is 1.04. The number of amides is 3. The van der Waals surface area contributed by atoms with Crippen LogP contribution in [0.25, 0.3) is 44.7 Å². The molecule has 3 amide bonds. The van der Waals surface area contributed by atoms with Crippen LogP contribution in [0.1, 0.15) is 110 Å². The second-order valence-corrected chi connectivity index (χ2v) is 17.7. The molecule has 2 aromatic carbocycles. The van der Waals surface area contributed by atoms with Crippen molar-refractivity contribution in [1.82, 2.24) is 44.9 Å². The number of fused-ring (bicyclic) bond motifs is 5. The molecule has 3 aliphatic heterocycles. The van der Waals surface area contributed by atoms with Crippen molar-refractivity contribution in [2.24, 2.45) is 11.8 Å². The molecule has 8 rings (SSSR count). The van der Waals surface area contributed by atoms with Gasteiger partial charge < -0.3 is 49.0 Å². The highest BCUT2D eigenvalue weighted by Crippen LogP contribution is 2.46. The zero-order valence-electron chi connectivity index (χ0n) is 37.3.